The molecule has 0 heterocycles. The lowest BCUT2D eigenvalue weighted by Crippen LogP contribution is -2.10. The molecular formula is C12H14N2O2. The topological polar surface area (TPSA) is 58.2 Å². The molecule has 0 radical (unpaired) electrons. The molecule has 0 aliphatic rings. The average molecular weight is 218 g/mol. The fourth-order valence-corrected chi connectivity index (χ4v) is 1.08. The van der Waals surface area contributed by atoms with Crippen LogP contribution in [0, 0.1) is 0 Å². The van der Waals surface area contributed by atoms with Crippen LogP contribution in [0.4, 0.5) is 11.4 Å². The van der Waals surface area contributed by atoms with Crippen molar-refractivity contribution in [2.45, 2.75) is 13.3 Å². The minimum absolute atomic E-state index is 0.0390. The van der Waals surface area contributed by atoms with Crippen LogP contribution in [0.15, 0.2) is 36.9 Å². The lowest BCUT2D eigenvalue weighted by molar-refractivity contribution is -0.116. The van der Waals surface area contributed by atoms with E-state index in [1.807, 2.05) is 0 Å². The SMILES string of the molecule is C=CC(=O)Nc1ccc(NC(=O)CC)cc1. The lowest BCUT2D eigenvalue weighted by atomic mass is 10.2. The summed E-state index contributed by atoms with van der Waals surface area (Å²) in [6.07, 6.45) is 1.64. The molecule has 2 N–H and O–H groups in total. The highest BCUT2D eigenvalue weighted by molar-refractivity contribution is 5.99. The fraction of sp³-hybridized carbons (Fsp3) is 0.167. The molecule has 84 valence electrons. The summed E-state index contributed by atoms with van der Waals surface area (Å²) in [5.41, 5.74) is 1.38. The van der Waals surface area contributed by atoms with Crippen molar-refractivity contribution in [2.24, 2.45) is 0 Å². The first-order valence-electron chi connectivity index (χ1n) is 4.99. The van der Waals surface area contributed by atoms with E-state index in [-0.39, 0.29) is 11.8 Å². The van der Waals surface area contributed by atoms with Crippen molar-refractivity contribution < 1.29 is 9.59 Å². The largest absolute Gasteiger partial charge is 0.326 e. The maximum absolute atomic E-state index is 11.1. The molecule has 1 rings (SSSR count). The van der Waals surface area contributed by atoms with Crippen molar-refractivity contribution in [2.75, 3.05) is 10.6 Å². The van der Waals surface area contributed by atoms with Gasteiger partial charge in [0.05, 0.1) is 0 Å². The number of hydrogen-bond donors (Lipinski definition) is 2. The van der Waals surface area contributed by atoms with Crippen LogP contribution in [0.25, 0.3) is 0 Å². The molecule has 4 heteroatoms. The van der Waals surface area contributed by atoms with Crippen LogP contribution in [0.1, 0.15) is 13.3 Å². The Morgan fingerprint density at radius 1 is 1.19 bits per heavy atom. The predicted octanol–water partition coefficient (Wildman–Crippen LogP) is 2.16. The number of benzene rings is 1. The van der Waals surface area contributed by atoms with E-state index in [0.29, 0.717) is 17.8 Å². The van der Waals surface area contributed by atoms with Crippen LogP contribution in [0.2, 0.25) is 0 Å². The highest BCUT2D eigenvalue weighted by atomic mass is 16.2. The number of nitrogens with one attached hydrogen (secondary N) is 2. The predicted molar refractivity (Wildman–Crippen MR) is 64.2 cm³/mol. The van der Waals surface area contributed by atoms with E-state index in [1.165, 1.54) is 6.08 Å². The molecule has 0 bridgehead atoms. The molecule has 0 fully saturated rings. The van der Waals surface area contributed by atoms with Crippen molar-refractivity contribution in [3.8, 4) is 0 Å². The number of hydrogen-bond acceptors (Lipinski definition) is 2. The maximum Gasteiger partial charge on any atom is 0.247 e. The third-order valence-electron chi connectivity index (χ3n) is 1.94. The number of carbonyl (C=O) groups excluding carboxylic acids is 2. The molecule has 0 saturated heterocycles. The third kappa shape index (κ3) is 3.57. The number of amides is 2. The van der Waals surface area contributed by atoms with E-state index >= 15 is 0 Å². The van der Waals surface area contributed by atoms with Crippen LogP contribution < -0.4 is 10.6 Å². The van der Waals surface area contributed by atoms with Crippen LogP contribution in [-0.2, 0) is 9.59 Å². The van der Waals surface area contributed by atoms with Gasteiger partial charge in [-0.15, -0.1) is 0 Å². The second kappa shape index (κ2) is 5.70. The molecule has 0 aliphatic heterocycles. The molecule has 2 amide bonds. The van der Waals surface area contributed by atoms with Gasteiger partial charge in [-0.3, -0.25) is 9.59 Å². The summed E-state index contributed by atoms with van der Waals surface area (Å²) in [6, 6.07) is 6.89. The molecule has 16 heavy (non-hydrogen) atoms. The van der Waals surface area contributed by atoms with Gasteiger partial charge in [0.2, 0.25) is 11.8 Å². The second-order valence-electron chi connectivity index (χ2n) is 3.17. The average Bonchev–Trinajstić information content (AvgIpc) is 2.31. The highest BCUT2D eigenvalue weighted by Crippen LogP contribution is 2.13. The van der Waals surface area contributed by atoms with Gasteiger partial charge in [-0.25, -0.2) is 0 Å². The summed E-state index contributed by atoms with van der Waals surface area (Å²) >= 11 is 0. The zero-order valence-electron chi connectivity index (χ0n) is 9.12. The van der Waals surface area contributed by atoms with E-state index in [2.05, 4.69) is 17.2 Å². The number of rotatable bonds is 4. The highest BCUT2D eigenvalue weighted by Gasteiger charge is 2.00. The van der Waals surface area contributed by atoms with Crippen molar-refractivity contribution in [1.82, 2.24) is 0 Å². The molecule has 1 aromatic carbocycles. The maximum atomic E-state index is 11.1. The standard InChI is InChI=1S/C12H14N2O2/c1-3-11(15)13-9-5-7-10(8-6-9)14-12(16)4-2/h3,5-8H,1,4H2,2H3,(H,13,15)(H,14,16). The molecule has 0 unspecified atom stereocenters. The first-order valence-corrected chi connectivity index (χ1v) is 4.99. The van der Waals surface area contributed by atoms with Gasteiger partial charge in [-0.1, -0.05) is 13.5 Å². The summed E-state index contributed by atoms with van der Waals surface area (Å²) < 4.78 is 0. The molecule has 0 aliphatic carbocycles. The fourth-order valence-electron chi connectivity index (χ4n) is 1.08. The molecule has 4 nitrogen and oxygen atoms in total. The van der Waals surface area contributed by atoms with Crippen LogP contribution in [-0.4, -0.2) is 11.8 Å². The number of anilines is 2. The van der Waals surface area contributed by atoms with Crippen molar-refractivity contribution in [3.05, 3.63) is 36.9 Å². The zero-order chi connectivity index (χ0) is 12.0. The molecule has 0 atom stereocenters. The molecular weight excluding hydrogens is 204 g/mol. The molecule has 0 spiro atoms. The lowest BCUT2D eigenvalue weighted by Gasteiger charge is -2.05. The summed E-state index contributed by atoms with van der Waals surface area (Å²) in [7, 11) is 0. The Balaban J connectivity index is 2.64. The smallest absolute Gasteiger partial charge is 0.247 e. The van der Waals surface area contributed by atoms with Crippen LogP contribution in [0.5, 0.6) is 0 Å². The monoisotopic (exact) mass is 218 g/mol. The van der Waals surface area contributed by atoms with Gasteiger partial charge in [0, 0.05) is 17.8 Å². The normalized spacial score (nSPS) is 9.31. The Morgan fingerprint density at radius 2 is 1.69 bits per heavy atom. The first-order chi connectivity index (χ1) is 7.65. The van der Waals surface area contributed by atoms with Crippen LogP contribution >= 0.6 is 0 Å². The summed E-state index contributed by atoms with van der Waals surface area (Å²) in [6.45, 7) is 5.14. The minimum Gasteiger partial charge on any atom is -0.326 e. The second-order valence-corrected chi connectivity index (χ2v) is 3.17. The van der Waals surface area contributed by atoms with E-state index in [1.54, 1.807) is 31.2 Å². The van der Waals surface area contributed by atoms with Gasteiger partial charge in [0.25, 0.3) is 0 Å². The van der Waals surface area contributed by atoms with Gasteiger partial charge >= 0.3 is 0 Å². The summed E-state index contributed by atoms with van der Waals surface area (Å²) in [4.78, 5) is 22.1. The van der Waals surface area contributed by atoms with Gasteiger partial charge in [0.1, 0.15) is 0 Å². The summed E-state index contributed by atoms with van der Waals surface area (Å²) in [5, 5.41) is 5.33. The van der Waals surface area contributed by atoms with Gasteiger partial charge < -0.3 is 10.6 Å². The zero-order valence-corrected chi connectivity index (χ0v) is 9.12. The Labute approximate surface area is 94.4 Å². The van der Waals surface area contributed by atoms with Gasteiger partial charge in [-0.2, -0.15) is 0 Å². The van der Waals surface area contributed by atoms with Gasteiger partial charge in [-0.05, 0) is 30.3 Å². The van der Waals surface area contributed by atoms with E-state index in [0.717, 1.165) is 0 Å². The molecule has 0 aromatic heterocycles. The Kier molecular flexibility index (Phi) is 4.27. The van der Waals surface area contributed by atoms with Crippen molar-refractivity contribution in [1.29, 1.82) is 0 Å². The molecule has 0 saturated carbocycles. The van der Waals surface area contributed by atoms with Gasteiger partial charge in [0.15, 0.2) is 0 Å². The number of carbonyl (C=O) groups is 2. The van der Waals surface area contributed by atoms with E-state index in [4.69, 9.17) is 0 Å². The Hall–Kier alpha value is -2.10. The van der Waals surface area contributed by atoms with Crippen molar-refractivity contribution in [3.63, 3.8) is 0 Å². The summed E-state index contributed by atoms with van der Waals surface area (Å²) in [5.74, 6) is -0.298. The van der Waals surface area contributed by atoms with Crippen LogP contribution in [0.3, 0.4) is 0 Å². The quantitative estimate of drug-likeness (QED) is 0.761. The Morgan fingerprint density at radius 3 is 2.12 bits per heavy atom. The minimum atomic E-state index is -0.259. The third-order valence-corrected chi connectivity index (χ3v) is 1.94. The molecule has 1 aromatic rings. The van der Waals surface area contributed by atoms with E-state index < -0.39 is 0 Å². The van der Waals surface area contributed by atoms with Crippen molar-refractivity contribution >= 4 is 23.2 Å². The Bertz CT molecular complexity index is 396. The van der Waals surface area contributed by atoms with E-state index in [9.17, 15) is 9.59 Å². The first kappa shape index (κ1) is 12.0.